The Hall–Kier alpha value is -1.31. The van der Waals surface area contributed by atoms with E-state index in [0.717, 1.165) is 19.0 Å². The summed E-state index contributed by atoms with van der Waals surface area (Å²) in [7, 11) is 0. The first kappa shape index (κ1) is 17.5. The summed E-state index contributed by atoms with van der Waals surface area (Å²) in [5.41, 5.74) is -6.03. The normalized spacial score (nSPS) is 27.8. The SMILES string of the molecule is CC12CCNC1CCc1cc(C(F)(C(F)(F)F)C(F)(F)F)ccc12. The monoisotopic (exact) mass is 355 g/mol. The zero-order valence-corrected chi connectivity index (χ0v) is 12.8. The summed E-state index contributed by atoms with van der Waals surface area (Å²) in [6.45, 7) is 2.67. The highest BCUT2D eigenvalue weighted by atomic mass is 19.4. The van der Waals surface area contributed by atoms with Gasteiger partial charge in [0, 0.05) is 17.0 Å². The van der Waals surface area contributed by atoms with Gasteiger partial charge in [-0.1, -0.05) is 25.1 Å². The van der Waals surface area contributed by atoms with Crippen molar-refractivity contribution in [3.05, 3.63) is 34.9 Å². The molecule has 0 saturated carbocycles. The summed E-state index contributed by atoms with van der Waals surface area (Å²) in [6.07, 6.45) is -10.5. The van der Waals surface area contributed by atoms with E-state index in [2.05, 4.69) is 5.32 Å². The summed E-state index contributed by atoms with van der Waals surface area (Å²) >= 11 is 0. The molecular formula is C16H16F7N. The van der Waals surface area contributed by atoms with E-state index in [1.54, 1.807) is 0 Å². The van der Waals surface area contributed by atoms with Gasteiger partial charge in [-0.05, 0) is 36.9 Å². The summed E-state index contributed by atoms with van der Waals surface area (Å²) in [6, 6.07) is 2.74. The molecule has 1 aromatic carbocycles. The van der Waals surface area contributed by atoms with Crippen LogP contribution in [0.5, 0.6) is 0 Å². The van der Waals surface area contributed by atoms with Crippen LogP contribution in [-0.4, -0.2) is 24.9 Å². The molecule has 8 heteroatoms. The van der Waals surface area contributed by atoms with Gasteiger partial charge in [-0.2, -0.15) is 26.3 Å². The molecule has 1 aliphatic heterocycles. The number of halogens is 7. The second kappa shape index (κ2) is 5.09. The predicted octanol–water partition coefficient (Wildman–Crippen LogP) is 4.54. The smallest absolute Gasteiger partial charge is 0.313 e. The lowest BCUT2D eigenvalue weighted by molar-refractivity contribution is -0.348. The first-order chi connectivity index (χ1) is 10.9. The summed E-state index contributed by atoms with van der Waals surface area (Å²) in [5.74, 6) is 0. The number of fused-ring (bicyclic) bond motifs is 3. The van der Waals surface area contributed by atoms with Gasteiger partial charge >= 0.3 is 18.0 Å². The number of hydrogen-bond acceptors (Lipinski definition) is 1. The van der Waals surface area contributed by atoms with E-state index in [-0.39, 0.29) is 11.5 Å². The van der Waals surface area contributed by atoms with E-state index in [9.17, 15) is 30.7 Å². The Kier molecular flexibility index (Phi) is 3.72. The minimum absolute atomic E-state index is 0.135. The largest absolute Gasteiger partial charge is 0.435 e. The molecule has 0 amide bonds. The lowest BCUT2D eigenvalue weighted by Gasteiger charge is -2.39. The third kappa shape index (κ3) is 2.25. The molecule has 0 bridgehead atoms. The van der Waals surface area contributed by atoms with E-state index in [4.69, 9.17) is 0 Å². The fourth-order valence-corrected chi connectivity index (χ4v) is 4.01. The standard InChI is InChI=1S/C16H16F7N/c1-13-6-7-24-12(13)5-2-9-8-10(3-4-11(9)13)14(17,15(18,19)20)16(21,22)23/h3-4,8,12,24H,2,5-7H2,1H3. The van der Waals surface area contributed by atoms with Gasteiger partial charge in [-0.15, -0.1) is 0 Å². The van der Waals surface area contributed by atoms with E-state index in [1.165, 1.54) is 6.07 Å². The van der Waals surface area contributed by atoms with Crippen molar-refractivity contribution in [2.75, 3.05) is 6.54 Å². The molecule has 1 aromatic rings. The van der Waals surface area contributed by atoms with Crippen molar-refractivity contribution < 1.29 is 30.7 Å². The molecule has 3 rings (SSSR count). The summed E-state index contributed by atoms with van der Waals surface area (Å²) in [5, 5.41) is 3.30. The van der Waals surface area contributed by atoms with Crippen LogP contribution in [0, 0.1) is 0 Å². The fourth-order valence-electron chi connectivity index (χ4n) is 4.01. The first-order valence-electron chi connectivity index (χ1n) is 7.61. The summed E-state index contributed by atoms with van der Waals surface area (Å²) < 4.78 is 91.6. The number of nitrogens with one attached hydrogen (secondary N) is 1. The molecule has 1 aliphatic carbocycles. The zero-order valence-electron chi connectivity index (χ0n) is 12.8. The minimum atomic E-state index is -6.07. The molecule has 134 valence electrons. The second-order valence-corrected chi connectivity index (χ2v) is 6.74. The van der Waals surface area contributed by atoms with Crippen LogP contribution in [0.1, 0.15) is 36.5 Å². The molecule has 0 aromatic heterocycles. The van der Waals surface area contributed by atoms with Crippen LogP contribution >= 0.6 is 0 Å². The van der Waals surface area contributed by atoms with Crippen molar-refractivity contribution in [1.29, 1.82) is 0 Å². The van der Waals surface area contributed by atoms with Gasteiger partial charge < -0.3 is 5.32 Å². The molecule has 1 nitrogen and oxygen atoms in total. The van der Waals surface area contributed by atoms with Crippen LogP contribution in [0.15, 0.2) is 18.2 Å². The minimum Gasteiger partial charge on any atom is -0.313 e. The van der Waals surface area contributed by atoms with Gasteiger partial charge in [-0.3, -0.25) is 0 Å². The Morgan fingerprint density at radius 3 is 2.25 bits per heavy atom. The van der Waals surface area contributed by atoms with E-state index >= 15 is 0 Å². The van der Waals surface area contributed by atoms with Gasteiger partial charge in [0.05, 0.1) is 0 Å². The van der Waals surface area contributed by atoms with Crippen LogP contribution < -0.4 is 5.32 Å². The topological polar surface area (TPSA) is 12.0 Å². The predicted molar refractivity (Wildman–Crippen MR) is 73.4 cm³/mol. The maximum Gasteiger partial charge on any atom is 0.435 e. The number of alkyl halides is 7. The molecule has 0 spiro atoms. The van der Waals surface area contributed by atoms with Crippen LogP contribution in [0.25, 0.3) is 0 Å². The van der Waals surface area contributed by atoms with Crippen molar-refractivity contribution in [3.8, 4) is 0 Å². The average molecular weight is 355 g/mol. The third-order valence-corrected chi connectivity index (χ3v) is 5.41. The number of benzene rings is 1. The Labute approximate surface area is 134 Å². The quantitative estimate of drug-likeness (QED) is 0.730. The third-order valence-electron chi connectivity index (χ3n) is 5.41. The molecule has 24 heavy (non-hydrogen) atoms. The van der Waals surface area contributed by atoms with Gasteiger partial charge in [0.15, 0.2) is 0 Å². The highest BCUT2D eigenvalue weighted by Gasteiger charge is 2.73. The van der Waals surface area contributed by atoms with Crippen LogP contribution in [-0.2, 0) is 17.5 Å². The van der Waals surface area contributed by atoms with E-state index < -0.39 is 23.6 Å². The van der Waals surface area contributed by atoms with Crippen molar-refractivity contribution in [2.45, 2.75) is 55.7 Å². The lowest BCUT2D eigenvalue weighted by Crippen LogP contribution is -2.50. The molecule has 2 atom stereocenters. The van der Waals surface area contributed by atoms with Crippen molar-refractivity contribution in [2.24, 2.45) is 0 Å². The first-order valence-corrected chi connectivity index (χ1v) is 7.61. The van der Waals surface area contributed by atoms with Crippen LogP contribution in [0.4, 0.5) is 30.7 Å². The Bertz CT molecular complexity index is 635. The number of aryl methyl sites for hydroxylation is 1. The maximum absolute atomic E-state index is 14.2. The highest BCUT2D eigenvalue weighted by Crippen LogP contribution is 2.54. The van der Waals surface area contributed by atoms with Crippen molar-refractivity contribution >= 4 is 0 Å². The zero-order chi connectivity index (χ0) is 18.0. The van der Waals surface area contributed by atoms with Gasteiger partial charge in [0.25, 0.3) is 0 Å². The molecule has 0 radical (unpaired) electrons. The second-order valence-electron chi connectivity index (χ2n) is 6.74. The lowest BCUT2D eigenvalue weighted by atomic mass is 9.67. The molecule has 2 aliphatic rings. The van der Waals surface area contributed by atoms with Crippen LogP contribution in [0.3, 0.4) is 0 Å². The van der Waals surface area contributed by atoms with Gasteiger partial charge in [0.2, 0.25) is 0 Å². The maximum atomic E-state index is 14.2. The molecular weight excluding hydrogens is 339 g/mol. The Morgan fingerprint density at radius 1 is 1.04 bits per heavy atom. The van der Waals surface area contributed by atoms with E-state index in [1.807, 2.05) is 6.92 Å². The molecule has 1 fully saturated rings. The Balaban J connectivity index is 2.12. The Morgan fingerprint density at radius 2 is 1.67 bits per heavy atom. The fraction of sp³-hybridized carbons (Fsp3) is 0.625. The number of rotatable bonds is 1. The molecule has 1 N–H and O–H groups in total. The van der Waals surface area contributed by atoms with Crippen molar-refractivity contribution in [1.82, 2.24) is 5.32 Å². The molecule has 2 unspecified atom stereocenters. The summed E-state index contributed by atoms with van der Waals surface area (Å²) in [4.78, 5) is 0. The highest BCUT2D eigenvalue weighted by molar-refractivity contribution is 5.44. The van der Waals surface area contributed by atoms with Gasteiger partial charge in [0.1, 0.15) is 0 Å². The molecule has 1 heterocycles. The van der Waals surface area contributed by atoms with Crippen molar-refractivity contribution in [3.63, 3.8) is 0 Å². The molecule has 1 saturated heterocycles. The van der Waals surface area contributed by atoms with E-state index in [0.29, 0.717) is 30.0 Å². The van der Waals surface area contributed by atoms with Gasteiger partial charge in [-0.25, -0.2) is 4.39 Å². The average Bonchev–Trinajstić information content (AvgIpc) is 2.85. The number of hydrogen-bond donors (Lipinski definition) is 1. The van der Waals surface area contributed by atoms with Crippen LogP contribution in [0.2, 0.25) is 0 Å².